The number of anilines is 1. The Morgan fingerprint density at radius 2 is 2.16 bits per heavy atom. The van der Waals surface area contributed by atoms with E-state index in [4.69, 9.17) is 25.8 Å². The van der Waals surface area contributed by atoms with Crippen molar-refractivity contribution < 1.29 is 19.0 Å². The molecule has 0 bridgehead atoms. The summed E-state index contributed by atoms with van der Waals surface area (Å²) in [5.74, 6) is 0.561. The predicted octanol–water partition coefficient (Wildman–Crippen LogP) is 3.81. The van der Waals surface area contributed by atoms with Crippen LogP contribution in [-0.2, 0) is 16.6 Å². The summed E-state index contributed by atoms with van der Waals surface area (Å²) in [7, 11) is 1.80. The van der Waals surface area contributed by atoms with Crippen LogP contribution in [0.25, 0.3) is 11.0 Å². The molecule has 1 fully saturated rings. The van der Waals surface area contributed by atoms with Gasteiger partial charge >= 0.3 is 0 Å². The van der Waals surface area contributed by atoms with E-state index in [1.54, 1.807) is 29.9 Å². The summed E-state index contributed by atoms with van der Waals surface area (Å²) in [5, 5.41) is 8.47. The zero-order chi connectivity index (χ0) is 22.0. The maximum Gasteiger partial charge on any atom is 0.262 e. The Hall–Kier alpha value is -2.84. The number of ether oxygens (including phenoxy) is 3. The number of aryl methyl sites for hydroxylation is 3. The molecule has 1 N–H and O–H groups in total. The van der Waals surface area contributed by atoms with Crippen LogP contribution >= 0.6 is 11.6 Å². The normalized spacial score (nSPS) is 15.9. The Kier molecular flexibility index (Phi) is 6.29. The average Bonchev–Trinajstić information content (AvgIpc) is 3.34. The molecule has 3 heterocycles. The number of rotatable bonds is 7. The number of amides is 1. The molecule has 0 radical (unpaired) electrons. The number of pyridine rings is 1. The van der Waals surface area contributed by atoms with Crippen LogP contribution in [0.1, 0.15) is 24.1 Å². The lowest BCUT2D eigenvalue weighted by Gasteiger charge is -2.15. The molecule has 0 saturated carbocycles. The molecule has 164 valence electrons. The Labute approximate surface area is 185 Å². The first-order valence-electron chi connectivity index (χ1n) is 10.2. The van der Waals surface area contributed by atoms with Gasteiger partial charge in [-0.3, -0.25) is 4.79 Å². The van der Waals surface area contributed by atoms with Crippen LogP contribution in [0.15, 0.2) is 24.3 Å². The number of halogens is 1. The molecule has 8 nitrogen and oxygen atoms in total. The van der Waals surface area contributed by atoms with Gasteiger partial charge in [0, 0.05) is 24.4 Å². The van der Waals surface area contributed by atoms with Gasteiger partial charge in [0.1, 0.15) is 12.4 Å². The largest absolute Gasteiger partial charge is 0.489 e. The highest BCUT2D eigenvalue weighted by molar-refractivity contribution is 6.31. The van der Waals surface area contributed by atoms with Crippen molar-refractivity contribution in [2.75, 3.05) is 25.1 Å². The second-order valence-corrected chi connectivity index (χ2v) is 8.07. The van der Waals surface area contributed by atoms with Crippen LogP contribution in [0, 0.1) is 13.8 Å². The minimum atomic E-state index is -0.347. The first-order chi connectivity index (χ1) is 14.9. The molecule has 0 aliphatic carbocycles. The predicted molar refractivity (Wildman–Crippen MR) is 118 cm³/mol. The first kappa shape index (κ1) is 21.4. The van der Waals surface area contributed by atoms with E-state index in [0.29, 0.717) is 34.6 Å². The summed E-state index contributed by atoms with van der Waals surface area (Å²) in [6.07, 6.45) is 2.07. The van der Waals surface area contributed by atoms with Gasteiger partial charge in [0.2, 0.25) is 5.88 Å². The molecule has 0 spiro atoms. The molecule has 31 heavy (non-hydrogen) atoms. The van der Waals surface area contributed by atoms with Crippen molar-refractivity contribution >= 4 is 34.2 Å². The second kappa shape index (κ2) is 9.11. The lowest BCUT2D eigenvalue weighted by atomic mass is 10.2. The number of nitrogens with one attached hydrogen (secondary N) is 1. The van der Waals surface area contributed by atoms with Crippen molar-refractivity contribution in [2.24, 2.45) is 7.05 Å². The zero-order valence-electron chi connectivity index (χ0n) is 17.8. The van der Waals surface area contributed by atoms with Crippen molar-refractivity contribution in [3.8, 4) is 11.6 Å². The SMILES string of the molecule is Cc1cc(C)c2c(OCC(=O)Nc3cc(Cl)ccc3OCC3CCCO3)nn(C)c2n1. The van der Waals surface area contributed by atoms with Crippen molar-refractivity contribution in [2.45, 2.75) is 32.8 Å². The van der Waals surface area contributed by atoms with E-state index in [9.17, 15) is 4.79 Å². The minimum Gasteiger partial charge on any atom is -0.489 e. The molecular formula is C22H25ClN4O4. The fourth-order valence-electron chi connectivity index (χ4n) is 3.65. The number of carbonyl (C=O) groups is 1. The molecule has 1 aliphatic heterocycles. The zero-order valence-corrected chi connectivity index (χ0v) is 18.5. The Balaban J connectivity index is 1.43. The van der Waals surface area contributed by atoms with Gasteiger partial charge in [0.05, 0.1) is 17.2 Å². The number of hydrogen-bond acceptors (Lipinski definition) is 6. The van der Waals surface area contributed by atoms with Crippen molar-refractivity contribution in [3.63, 3.8) is 0 Å². The molecule has 3 aromatic rings. The summed E-state index contributed by atoms with van der Waals surface area (Å²) in [5.41, 5.74) is 3.09. The van der Waals surface area contributed by atoms with E-state index in [1.165, 1.54) is 0 Å². The Morgan fingerprint density at radius 1 is 1.32 bits per heavy atom. The van der Waals surface area contributed by atoms with Crippen molar-refractivity contribution in [3.05, 3.63) is 40.5 Å². The lowest BCUT2D eigenvalue weighted by Crippen LogP contribution is -2.22. The van der Waals surface area contributed by atoms with E-state index >= 15 is 0 Å². The maximum absolute atomic E-state index is 12.6. The highest BCUT2D eigenvalue weighted by Crippen LogP contribution is 2.30. The van der Waals surface area contributed by atoms with Crippen LogP contribution in [-0.4, -0.2) is 46.6 Å². The fourth-order valence-corrected chi connectivity index (χ4v) is 3.83. The van der Waals surface area contributed by atoms with Crippen LogP contribution < -0.4 is 14.8 Å². The molecular weight excluding hydrogens is 420 g/mol. The number of benzene rings is 1. The van der Waals surface area contributed by atoms with Crippen LogP contribution in [0.5, 0.6) is 11.6 Å². The second-order valence-electron chi connectivity index (χ2n) is 7.63. The third-order valence-electron chi connectivity index (χ3n) is 5.09. The van der Waals surface area contributed by atoms with E-state index in [1.807, 2.05) is 19.9 Å². The average molecular weight is 445 g/mol. The topological polar surface area (TPSA) is 87.5 Å². The van der Waals surface area contributed by atoms with Crippen molar-refractivity contribution in [1.29, 1.82) is 0 Å². The van der Waals surface area contributed by atoms with E-state index in [0.717, 1.165) is 36.1 Å². The van der Waals surface area contributed by atoms with E-state index in [-0.39, 0.29) is 18.6 Å². The molecule has 9 heteroatoms. The Morgan fingerprint density at radius 3 is 2.94 bits per heavy atom. The molecule has 1 amide bonds. The number of fused-ring (bicyclic) bond motifs is 1. The monoisotopic (exact) mass is 444 g/mol. The minimum absolute atomic E-state index is 0.0699. The number of aromatic nitrogens is 3. The van der Waals surface area contributed by atoms with Gasteiger partial charge in [-0.2, -0.15) is 0 Å². The van der Waals surface area contributed by atoms with Crippen LogP contribution in [0.2, 0.25) is 5.02 Å². The van der Waals surface area contributed by atoms with Gasteiger partial charge in [0.15, 0.2) is 12.3 Å². The van der Waals surface area contributed by atoms with Gasteiger partial charge in [-0.15, -0.1) is 5.10 Å². The third-order valence-corrected chi connectivity index (χ3v) is 5.33. The van der Waals surface area contributed by atoms with E-state index < -0.39 is 0 Å². The molecule has 1 unspecified atom stereocenters. The number of hydrogen-bond donors (Lipinski definition) is 1. The van der Waals surface area contributed by atoms with Gasteiger partial charge in [0.25, 0.3) is 5.91 Å². The quantitative estimate of drug-likeness (QED) is 0.596. The molecule has 4 rings (SSSR count). The standard InChI is InChI=1S/C22H25ClN4O4/c1-13-9-14(2)24-21-20(13)22(26-27(21)3)31-12-19(28)25-17-10-15(23)6-7-18(17)30-11-16-5-4-8-29-16/h6-7,9-10,16H,4-5,8,11-12H2,1-3H3,(H,25,28). The van der Waals surface area contributed by atoms with Gasteiger partial charge in [-0.25, -0.2) is 9.67 Å². The summed E-state index contributed by atoms with van der Waals surface area (Å²) in [6.45, 7) is 4.86. The summed E-state index contributed by atoms with van der Waals surface area (Å²) < 4.78 is 18.8. The van der Waals surface area contributed by atoms with Crippen molar-refractivity contribution in [1.82, 2.24) is 14.8 Å². The molecule has 1 atom stereocenters. The third kappa shape index (κ3) is 4.91. The van der Waals surface area contributed by atoms with Crippen LogP contribution in [0.3, 0.4) is 0 Å². The van der Waals surface area contributed by atoms with Crippen LogP contribution in [0.4, 0.5) is 5.69 Å². The molecule has 1 aromatic carbocycles. The van der Waals surface area contributed by atoms with Gasteiger partial charge < -0.3 is 19.5 Å². The summed E-state index contributed by atoms with van der Waals surface area (Å²) in [6, 6.07) is 7.06. The van der Waals surface area contributed by atoms with Gasteiger partial charge in [-0.05, 0) is 56.5 Å². The highest BCUT2D eigenvalue weighted by Gasteiger charge is 2.19. The Bertz CT molecular complexity index is 1110. The summed E-state index contributed by atoms with van der Waals surface area (Å²) >= 11 is 6.12. The van der Waals surface area contributed by atoms with E-state index in [2.05, 4.69) is 15.4 Å². The maximum atomic E-state index is 12.6. The smallest absolute Gasteiger partial charge is 0.262 e. The molecule has 1 saturated heterocycles. The summed E-state index contributed by atoms with van der Waals surface area (Å²) in [4.78, 5) is 17.1. The molecule has 2 aromatic heterocycles. The highest BCUT2D eigenvalue weighted by atomic mass is 35.5. The lowest BCUT2D eigenvalue weighted by molar-refractivity contribution is -0.118. The molecule has 1 aliphatic rings. The fraction of sp³-hybridized carbons (Fsp3) is 0.409. The first-order valence-corrected chi connectivity index (χ1v) is 10.6. The number of nitrogens with zero attached hydrogens (tertiary/aromatic N) is 3. The number of carbonyl (C=O) groups excluding carboxylic acids is 1. The van der Waals surface area contributed by atoms with Gasteiger partial charge in [-0.1, -0.05) is 11.6 Å².